The van der Waals surface area contributed by atoms with E-state index in [-0.39, 0.29) is 6.04 Å². The van der Waals surface area contributed by atoms with Crippen molar-refractivity contribution in [1.29, 1.82) is 0 Å². The summed E-state index contributed by atoms with van der Waals surface area (Å²) < 4.78 is 5.97. The van der Waals surface area contributed by atoms with Gasteiger partial charge < -0.3 is 10.1 Å². The smallest absolute Gasteiger partial charge is 0.138 e. The van der Waals surface area contributed by atoms with Gasteiger partial charge >= 0.3 is 0 Å². The van der Waals surface area contributed by atoms with Crippen LogP contribution in [0.2, 0.25) is 5.15 Å². The second kappa shape index (κ2) is 9.31. The summed E-state index contributed by atoms with van der Waals surface area (Å²) in [6.07, 6.45) is 6.02. The van der Waals surface area contributed by atoms with Gasteiger partial charge in [0.25, 0.3) is 0 Å². The van der Waals surface area contributed by atoms with Gasteiger partial charge in [0.05, 0.1) is 11.9 Å². The van der Waals surface area contributed by atoms with Crippen molar-refractivity contribution in [3.8, 4) is 17.0 Å². The number of aromatic nitrogens is 2. The zero-order valence-corrected chi connectivity index (χ0v) is 16.0. The van der Waals surface area contributed by atoms with Crippen LogP contribution in [-0.2, 0) is 6.42 Å². The number of hydrogen-bond donors (Lipinski definition) is 1. The first kappa shape index (κ1) is 19.1. The first-order valence-electron chi connectivity index (χ1n) is 8.78. The van der Waals surface area contributed by atoms with Crippen molar-refractivity contribution in [2.45, 2.75) is 12.5 Å². The van der Waals surface area contributed by atoms with Crippen molar-refractivity contribution in [3.63, 3.8) is 0 Å². The molecule has 0 saturated carbocycles. The summed E-state index contributed by atoms with van der Waals surface area (Å²) in [6, 6.07) is 16.2. The second-order valence-corrected chi connectivity index (χ2v) is 6.53. The van der Waals surface area contributed by atoms with E-state index in [0.29, 0.717) is 17.5 Å². The summed E-state index contributed by atoms with van der Waals surface area (Å²) in [5.74, 6) is 0.661. The Morgan fingerprint density at radius 1 is 1.19 bits per heavy atom. The highest BCUT2D eigenvalue weighted by molar-refractivity contribution is 6.32. The average molecular weight is 380 g/mol. The van der Waals surface area contributed by atoms with Gasteiger partial charge in [-0.15, -0.1) is 0 Å². The molecule has 1 atom stereocenters. The number of benzene rings is 1. The summed E-state index contributed by atoms with van der Waals surface area (Å²) in [5.41, 5.74) is 3.72. The third-order valence-electron chi connectivity index (χ3n) is 4.29. The summed E-state index contributed by atoms with van der Waals surface area (Å²) in [7, 11) is 1.94. The van der Waals surface area contributed by atoms with Crippen molar-refractivity contribution in [3.05, 3.63) is 83.8 Å². The molecule has 4 nitrogen and oxygen atoms in total. The van der Waals surface area contributed by atoms with Gasteiger partial charge in [0, 0.05) is 17.8 Å². The maximum Gasteiger partial charge on any atom is 0.138 e. The van der Waals surface area contributed by atoms with E-state index in [1.54, 1.807) is 18.5 Å². The lowest BCUT2D eigenvalue weighted by Crippen LogP contribution is -2.33. The van der Waals surface area contributed by atoms with Gasteiger partial charge in [0.2, 0.25) is 0 Å². The predicted molar refractivity (Wildman–Crippen MR) is 111 cm³/mol. The summed E-state index contributed by atoms with van der Waals surface area (Å²) in [5, 5.41) is 3.69. The Morgan fingerprint density at radius 2 is 2.00 bits per heavy atom. The van der Waals surface area contributed by atoms with E-state index in [1.165, 1.54) is 5.56 Å². The zero-order chi connectivity index (χ0) is 19.1. The SMILES string of the molecule is C=Cc1ccnc(-c2cc(OC[C@H](Cc3ccccc3)NC)cnc2Cl)c1. The lowest BCUT2D eigenvalue weighted by molar-refractivity contribution is 0.269. The molecule has 0 unspecified atom stereocenters. The first-order chi connectivity index (χ1) is 13.2. The van der Waals surface area contributed by atoms with Crippen LogP contribution < -0.4 is 10.1 Å². The normalized spacial score (nSPS) is 11.8. The molecule has 1 N–H and O–H groups in total. The number of nitrogens with one attached hydrogen (secondary N) is 1. The minimum Gasteiger partial charge on any atom is -0.490 e. The first-order valence-corrected chi connectivity index (χ1v) is 9.16. The Kier molecular flexibility index (Phi) is 6.58. The van der Waals surface area contributed by atoms with Gasteiger partial charge in [0.1, 0.15) is 17.5 Å². The van der Waals surface area contributed by atoms with Crippen molar-refractivity contribution in [2.75, 3.05) is 13.7 Å². The van der Waals surface area contributed by atoms with Crippen LogP contribution >= 0.6 is 11.6 Å². The van der Waals surface area contributed by atoms with E-state index in [1.807, 2.05) is 43.4 Å². The number of ether oxygens (including phenoxy) is 1. The molecule has 0 bridgehead atoms. The van der Waals surface area contributed by atoms with E-state index >= 15 is 0 Å². The van der Waals surface area contributed by atoms with Crippen LogP contribution in [0, 0.1) is 0 Å². The molecule has 0 saturated heterocycles. The lowest BCUT2D eigenvalue weighted by Gasteiger charge is -2.17. The molecule has 3 rings (SSSR count). The van der Waals surface area contributed by atoms with Crippen molar-refractivity contribution < 1.29 is 4.74 Å². The highest BCUT2D eigenvalue weighted by atomic mass is 35.5. The molecule has 2 heterocycles. The van der Waals surface area contributed by atoms with Gasteiger partial charge in [-0.2, -0.15) is 0 Å². The molecular weight excluding hydrogens is 358 g/mol. The van der Waals surface area contributed by atoms with Gasteiger partial charge in [-0.25, -0.2) is 4.98 Å². The minimum absolute atomic E-state index is 0.189. The Bertz CT molecular complexity index is 899. The monoisotopic (exact) mass is 379 g/mol. The number of likely N-dealkylation sites (N-methyl/N-ethyl adjacent to an activating group) is 1. The Hall–Kier alpha value is -2.69. The summed E-state index contributed by atoms with van der Waals surface area (Å²) in [6.45, 7) is 4.31. The summed E-state index contributed by atoms with van der Waals surface area (Å²) >= 11 is 6.28. The number of nitrogens with zero attached hydrogens (tertiary/aromatic N) is 2. The molecule has 0 aliphatic rings. The minimum atomic E-state index is 0.189. The highest BCUT2D eigenvalue weighted by Crippen LogP contribution is 2.29. The quantitative estimate of drug-likeness (QED) is 0.579. The van der Waals surface area contributed by atoms with Crippen LogP contribution in [0.25, 0.3) is 17.3 Å². The van der Waals surface area contributed by atoms with Crippen LogP contribution in [0.3, 0.4) is 0 Å². The van der Waals surface area contributed by atoms with Gasteiger partial charge in [-0.1, -0.05) is 54.6 Å². The molecule has 27 heavy (non-hydrogen) atoms. The fourth-order valence-electron chi connectivity index (χ4n) is 2.75. The molecule has 1 aromatic carbocycles. The molecule has 3 aromatic rings. The van der Waals surface area contributed by atoms with Crippen molar-refractivity contribution in [2.24, 2.45) is 0 Å². The third kappa shape index (κ3) is 5.16. The maximum absolute atomic E-state index is 6.28. The number of hydrogen-bond acceptors (Lipinski definition) is 4. The average Bonchev–Trinajstić information content (AvgIpc) is 2.72. The Morgan fingerprint density at radius 3 is 2.74 bits per heavy atom. The number of rotatable bonds is 8. The fraction of sp³-hybridized carbons (Fsp3) is 0.182. The molecule has 0 radical (unpaired) electrons. The summed E-state index contributed by atoms with van der Waals surface area (Å²) in [4.78, 5) is 8.64. The van der Waals surface area contributed by atoms with Crippen LogP contribution in [-0.4, -0.2) is 29.7 Å². The molecule has 0 aliphatic carbocycles. The zero-order valence-electron chi connectivity index (χ0n) is 15.2. The second-order valence-electron chi connectivity index (χ2n) is 6.17. The van der Waals surface area contributed by atoms with E-state index < -0.39 is 0 Å². The molecule has 5 heteroatoms. The van der Waals surface area contributed by atoms with E-state index in [9.17, 15) is 0 Å². The standard InChI is InChI=1S/C22H22ClN3O/c1-3-16-9-10-25-21(12-16)20-13-19(14-26-22(20)23)27-15-18(24-2)11-17-7-5-4-6-8-17/h3-10,12-14,18,24H,1,11,15H2,2H3/t18-/m0/s1. The molecule has 138 valence electrons. The van der Waals surface area contributed by atoms with Gasteiger partial charge in [-0.3, -0.25) is 4.98 Å². The van der Waals surface area contributed by atoms with Crippen molar-refractivity contribution >= 4 is 17.7 Å². The number of pyridine rings is 2. The highest BCUT2D eigenvalue weighted by Gasteiger charge is 2.12. The third-order valence-corrected chi connectivity index (χ3v) is 4.60. The lowest BCUT2D eigenvalue weighted by atomic mass is 10.1. The number of halogens is 1. The fourth-order valence-corrected chi connectivity index (χ4v) is 2.95. The topological polar surface area (TPSA) is 47.0 Å². The maximum atomic E-state index is 6.28. The Labute approximate surface area is 164 Å². The molecular formula is C22H22ClN3O. The van der Waals surface area contributed by atoms with Crippen LogP contribution in [0.4, 0.5) is 0 Å². The van der Waals surface area contributed by atoms with Crippen LogP contribution in [0.1, 0.15) is 11.1 Å². The largest absolute Gasteiger partial charge is 0.490 e. The van der Waals surface area contributed by atoms with E-state index in [0.717, 1.165) is 23.2 Å². The van der Waals surface area contributed by atoms with Crippen LogP contribution in [0.15, 0.2) is 67.5 Å². The Balaban J connectivity index is 1.72. The molecule has 0 fully saturated rings. The van der Waals surface area contributed by atoms with E-state index in [4.69, 9.17) is 16.3 Å². The van der Waals surface area contributed by atoms with Gasteiger partial charge in [-0.05, 0) is 42.8 Å². The molecule has 0 amide bonds. The van der Waals surface area contributed by atoms with E-state index in [2.05, 4.69) is 34.0 Å². The molecule has 0 spiro atoms. The van der Waals surface area contributed by atoms with Crippen LogP contribution in [0.5, 0.6) is 5.75 Å². The predicted octanol–water partition coefficient (Wildman–Crippen LogP) is 4.65. The molecule has 0 aliphatic heterocycles. The molecule has 2 aromatic heterocycles. The van der Waals surface area contributed by atoms with Crippen molar-refractivity contribution in [1.82, 2.24) is 15.3 Å². The van der Waals surface area contributed by atoms with Gasteiger partial charge in [0.15, 0.2) is 0 Å².